The molecule has 14 heavy (non-hydrogen) atoms. The van der Waals surface area contributed by atoms with Gasteiger partial charge in [-0.3, -0.25) is 4.68 Å². The zero-order chi connectivity index (χ0) is 10.1. The van der Waals surface area contributed by atoms with Crippen LogP contribution in [0, 0.1) is 0 Å². The number of fused-ring (bicyclic) bond motifs is 1. The van der Waals surface area contributed by atoms with E-state index in [4.69, 9.17) is 10.5 Å². The van der Waals surface area contributed by atoms with Crippen molar-refractivity contribution in [3.8, 4) is 5.75 Å². The number of hydrogen-bond donors (Lipinski definition) is 1. The van der Waals surface area contributed by atoms with E-state index >= 15 is 0 Å². The summed E-state index contributed by atoms with van der Waals surface area (Å²) in [5.41, 5.74) is 7.56. The van der Waals surface area contributed by atoms with Gasteiger partial charge in [-0.2, -0.15) is 5.10 Å². The zero-order valence-corrected chi connectivity index (χ0v) is 8.32. The molecule has 0 spiro atoms. The molecule has 0 saturated carbocycles. The second-order valence-electron chi connectivity index (χ2n) is 3.20. The first kappa shape index (κ1) is 9.02. The standard InChI is InChI=1S/C10H13N3O/c1-13-6-8-9(12-13)4-3-7(5-11)10(8)14-2/h3-4,6H,5,11H2,1-2H3. The molecular formula is C10H13N3O. The number of hydrogen-bond acceptors (Lipinski definition) is 3. The number of ether oxygens (including phenoxy) is 1. The van der Waals surface area contributed by atoms with Gasteiger partial charge in [0.2, 0.25) is 0 Å². The van der Waals surface area contributed by atoms with E-state index in [1.807, 2.05) is 25.4 Å². The number of nitrogens with zero attached hydrogens (tertiary/aromatic N) is 2. The maximum Gasteiger partial charge on any atom is 0.134 e. The molecule has 2 aromatic rings. The Balaban J connectivity index is 2.75. The van der Waals surface area contributed by atoms with E-state index in [-0.39, 0.29) is 0 Å². The first-order valence-electron chi connectivity index (χ1n) is 4.45. The summed E-state index contributed by atoms with van der Waals surface area (Å²) >= 11 is 0. The number of aromatic nitrogens is 2. The Labute approximate surface area is 82.3 Å². The van der Waals surface area contributed by atoms with Gasteiger partial charge in [0.25, 0.3) is 0 Å². The van der Waals surface area contributed by atoms with Crippen molar-refractivity contribution in [3.05, 3.63) is 23.9 Å². The van der Waals surface area contributed by atoms with Gasteiger partial charge in [-0.1, -0.05) is 6.07 Å². The van der Waals surface area contributed by atoms with Crippen molar-refractivity contribution >= 4 is 10.9 Å². The van der Waals surface area contributed by atoms with Crippen LogP contribution in [0.4, 0.5) is 0 Å². The molecule has 1 aromatic carbocycles. The van der Waals surface area contributed by atoms with E-state index in [9.17, 15) is 0 Å². The van der Waals surface area contributed by atoms with Gasteiger partial charge in [-0.15, -0.1) is 0 Å². The van der Waals surface area contributed by atoms with Crippen molar-refractivity contribution in [1.29, 1.82) is 0 Å². The molecule has 0 radical (unpaired) electrons. The minimum Gasteiger partial charge on any atom is -0.496 e. The summed E-state index contributed by atoms with van der Waals surface area (Å²) in [6, 6.07) is 3.91. The number of benzene rings is 1. The summed E-state index contributed by atoms with van der Waals surface area (Å²) in [6.07, 6.45) is 1.94. The summed E-state index contributed by atoms with van der Waals surface area (Å²) in [7, 11) is 3.54. The van der Waals surface area contributed by atoms with Crippen LogP contribution in [0.25, 0.3) is 10.9 Å². The Morgan fingerprint density at radius 1 is 1.50 bits per heavy atom. The Morgan fingerprint density at radius 3 is 2.93 bits per heavy atom. The Hall–Kier alpha value is -1.55. The summed E-state index contributed by atoms with van der Waals surface area (Å²) in [5.74, 6) is 0.832. The van der Waals surface area contributed by atoms with Crippen LogP contribution < -0.4 is 10.5 Å². The molecule has 0 bridgehead atoms. The summed E-state index contributed by atoms with van der Waals surface area (Å²) in [5, 5.41) is 5.31. The second-order valence-corrected chi connectivity index (χ2v) is 3.20. The molecule has 0 saturated heterocycles. The first-order valence-corrected chi connectivity index (χ1v) is 4.45. The number of methoxy groups -OCH3 is 1. The Morgan fingerprint density at radius 2 is 2.29 bits per heavy atom. The molecular weight excluding hydrogens is 178 g/mol. The third-order valence-corrected chi connectivity index (χ3v) is 2.26. The average Bonchev–Trinajstić information content (AvgIpc) is 2.56. The van der Waals surface area contributed by atoms with Gasteiger partial charge in [0.05, 0.1) is 18.0 Å². The van der Waals surface area contributed by atoms with Crippen molar-refractivity contribution in [2.75, 3.05) is 7.11 Å². The molecule has 0 atom stereocenters. The van der Waals surface area contributed by atoms with E-state index in [2.05, 4.69) is 5.10 Å². The molecule has 0 aliphatic rings. The van der Waals surface area contributed by atoms with Crippen molar-refractivity contribution < 1.29 is 4.74 Å². The highest BCUT2D eigenvalue weighted by atomic mass is 16.5. The topological polar surface area (TPSA) is 53.1 Å². The zero-order valence-electron chi connectivity index (χ0n) is 8.32. The molecule has 0 aliphatic carbocycles. The summed E-state index contributed by atoms with van der Waals surface area (Å²) in [4.78, 5) is 0. The minimum atomic E-state index is 0.480. The molecule has 4 heteroatoms. The van der Waals surface area contributed by atoms with Crippen LogP contribution in [0.5, 0.6) is 5.75 Å². The van der Waals surface area contributed by atoms with Crippen LogP contribution in [-0.2, 0) is 13.6 Å². The molecule has 2 N–H and O–H groups in total. The van der Waals surface area contributed by atoms with Crippen LogP contribution >= 0.6 is 0 Å². The molecule has 0 fully saturated rings. The van der Waals surface area contributed by atoms with Gasteiger partial charge < -0.3 is 10.5 Å². The van der Waals surface area contributed by atoms with Crippen LogP contribution in [0.3, 0.4) is 0 Å². The van der Waals surface area contributed by atoms with E-state index in [1.165, 1.54) is 0 Å². The lowest BCUT2D eigenvalue weighted by Gasteiger charge is -2.06. The number of nitrogens with two attached hydrogens (primary N) is 1. The molecule has 2 rings (SSSR count). The molecule has 74 valence electrons. The molecule has 0 amide bonds. The van der Waals surface area contributed by atoms with Crippen molar-refractivity contribution in [1.82, 2.24) is 9.78 Å². The smallest absolute Gasteiger partial charge is 0.134 e. The molecule has 0 unspecified atom stereocenters. The fraction of sp³-hybridized carbons (Fsp3) is 0.300. The maximum atomic E-state index is 5.62. The van der Waals surface area contributed by atoms with Crippen molar-refractivity contribution in [2.45, 2.75) is 6.54 Å². The van der Waals surface area contributed by atoms with Gasteiger partial charge in [-0.25, -0.2) is 0 Å². The van der Waals surface area contributed by atoms with E-state index in [0.29, 0.717) is 6.54 Å². The highest BCUT2D eigenvalue weighted by Gasteiger charge is 2.09. The fourth-order valence-corrected chi connectivity index (χ4v) is 1.63. The predicted molar refractivity (Wildman–Crippen MR) is 55.2 cm³/mol. The lowest BCUT2D eigenvalue weighted by molar-refractivity contribution is 0.415. The second kappa shape index (κ2) is 3.31. The molecule has 4 nitrogen and oxygen atoms in total. The van der Waals surface area contributed by atoms with Crippen LogP contribution in [0.1, 0.15) is 5.56 Å². The molecule has 1 heterocycles. The van der Waals surface area contributed by atoms with E-state index in [1.54, 1.807) is 11.8 Å². The maximum absolute atomic E-state index is 5.62. The summed E-state index contributed by atoms with van der Waals surface area (Å²) < 4.78 is 7.10. The van der Waals surface area contributed by atoms with Gasteiger partial charge >= 0.3 is 0 Å². The third-order valence-electron chi connectivity index (χ3n) is 2.26. The minimum absolute atomic E-state index is 0.480. The van der Waals surface area contributed by atoms with Crippen LogP contribution in [0.2, 0.25) is 0 Å². The van der Waals surface area contributed by atoms with Gasteiger partial charge in [0, 0.05) is 25.4 Å². The van der Waals surface area contributed by atoms with Crippen LogP contribution in [0.15, 0.2) is 18.3 Å². The summed E-state index contributed by atoms with van der Waals surface area (Å²) in [6.45, 7) is 0.480. The van der Waals surface area contributed by atoms with Crippen molar-refractivity contribution in [2.24, 2.45) is 12.8 Å². The van der Waals surface area contributed by atoms with Gasteiger partial charge in [0.15, 0.2) is 0 Å². The number of aryl methyl sites for hydroxylation is 1. The average molecular weight is 191 g/mol. The predicted octanol–water partition coefficient (Wildman–Crippen LogP) is 1.04. The first-order chi connectivity index (χ1) is 6.76. The normalized spacial score (nSPS) is 10.8. The van der Waals surface area contributed by atoms with Gasteiger partial charge in [-0.05, 0) is 6.07 Å². The monoisotopic (exact) mass is 191 g/mol. The molecule has 1 aromatic heterocycles. The number of rotatable bonds is 2. The Kier molecular flexibility index (Phi) is 2.13. The Bertz CT molecular complexity index is 462. The quantitative estimate of drug-likeness (QED) is 0.771. The third kappa shape index (κ3) is 1.24. The van der Waals surface area contributed by atoms with E-state index < -0.39 is 0 Å². The highest BCUT2D eigenvalue weighted by Crippen LogP contribution is 2.28. The largest absolute Gasteiger partial charge is 0.496 e. The van der Waals surface area contributed by atoms with E-state index in [0.717, 1.165) is 22.2 Å². The van der Waals surface area contributed by atoms with Crippen LogP contribution in [-0.4, -0.2) is 16.9 Å². The fourth-order valence-electron chi connectivity index (χ4n) is 1.63. The van der Waals surface area contributed by atoms with Gasteiger partial charge in [0.1, 0.15) is 5.75 Å². The highest BCUT2D eigenvalue weighted by molar-refractivity contribution is 5.86. The van der Waals surface area contributed by atoms with Crippen molar-refractivity contribution in [3.63, 3.8) is 0 Å². The lowest BCUT2D eigenvalue weighted by Crippen LogP contribution is -1.99. The SMILES string of the molecule is COc1c(CN)ccc2nn(C)cc12. The lowest BCUT2D eigenvalue weighted by atomic mass is 10.1. The molecule has 0 aliphatic heterocycles.